The minimum absolute atomic E-state index is 0.261. The molecule has 0 saturated carbocycles. The lowest BCUT2D eigenvalue weighted by Crippen LogP contribution is -2.45. The second-order valence-electron chi connectivity index (χ2n) is 4.06. The van der Waals surface area contributed by atoms with Crippen molar-refractivity contribution in [1.29, 1.82) is 5.26 Å². The highest BCUT2D eigenvalue weighted by Crippen LogP contribution is 2.17. The van der Waals surface area contributed by atoms with Crippen molar-refractivity contribution >= 4 is 34.4 Å². The number of nitrogens with two attached hydrogens (primary N) is 1. The van der Waals surface area contributed by atoms with Crippen LogP contribution in [0.15, 0.2) is 18.2 Å². The standard InChI is InChI=1S/C11H12ClN5S/c1-18-7-11(14,5-13)6-17-15-9-3-2-8(12)4-10(9)16-17/h2-4H,6-7,14H2,1H3. The number of thioether (sulfide) groups is 1. The molecule has 0 saturated heterocycles. The molecule has 0 fully saturated rings. The van der Waals surface area contributed by atoms with E-state index in [2.05, 4.69) is 16.3 Å². The molecule has 1 aromatic carbocycles. The van der Waals surface area contributed by atoms with Gasteiger partial charge in [-0.3, -0.25) is 0 Å². The summed E-state index contributed by atoms with van der Waals surface area (Å²) in [6.45, 7) is 0.261. The highest BCUT2D eigenvalue weighted by atomic mass is 35.5. The van der Waals surface area contributed by atoms with Gasteiger partial charge in [-0.2, -0.15) is 32.0 Å². The van der Waals surface area contributed by atoms with Crippen molar-refractivity contribution in [3.63, 3.8) is 0 Å². The van der Waals surface area contributed by atoms with Gasteiger partial charge in [0, 0.05) is 10.8 Å². The lowest BCUT2D eigenvalue weighted by molar-refractivity contribution is 0.429. The summed E-state index contributed by atoms with van der Waals surface area (Å²) in [5.74, 6) is 0.530. The maximum absolute atomic E-state index is 9.12. The fourth-order valence-corrected chi connectivity index (χ4v) is 2.46. The molecular formula is C11H12ClN5S. The van der Waals surface area contributed by atoms with Crippen LogP contribution in [0.2, 0.25) is 5.02 Å². The third-order valence-electron chi connectivity index (χ3n) is 2.43. The highest BCUT2D eigenvalue weighted by molar-refractivity contribution is 7.98. The molecule has 0 aliphatic carbocycles. The number of nitriles is 1. The summed E-state index contributed by atoms with van der Waals surface area (Å²) in [5, 5.41) is 18.3. The Morgan fingerprint density at radius 3 is 2.89 bits per heavy atom. The van der Waals surface area contributed by atoms with Crippen LogP contribution in [0.1, 0.15) is 0 Å². The maximum atomic E-state index is 9.12. The fourth-order valence-electron chi connectivity index (χ4n) is 1.63. The van der Waals surface area contributed by atoms with E-state index < -0.39 is 5.54 Å². The first-order valence-corrected chi connectivity index (χ1v) is 7.03. The zero-order valence-corrected chi connectivity index (χ0v) is 11.4. The summed E-state index contributed by atoms with van der Waals surface area (Å²) >= 11 is 7.40. The first-order valence-electron chi connectivity index (χ1n) is 5.26. The Labute approximate surface area is 114 Å². The average Bonchev–Trinajstić information content (AvgIpc) is 2.70. The summed E-state index contributed by atoms with van der Waals surface area (Å²) in [7, 11) is 0. The maximum Gasteiger partial charge on any atom is 0.134 e. The van der Waals surface area contributed by atoms with Crippen LogP contribution in [-0.2, 0) is 6.54 Å². The Hall–Kier alpha value is -1.29. The number of nitrogens with zero attached hydrogens (tertiary/aromatic N) is 4. The molecule has 2 rings (SSSR count). The molecule has 1 heterocycles. The summed E-state index contributed by atoms with van der Waals surface area (Å²) in [5.41, 5.74) is 6.46. The molecule has 2 N–H and O–H groups in total. The number of hydrogen-bond acceptors (Lipinski definition) is 5. The SMILES string of the molecule is CSCC(N)(C#N)Cn1nc2ccc(Cl)cc2n1. The minimum atomic E-state index is -0.960. The Balaban J connectivity index is 2.29. The van der Waals surface area contributed by atoms with Gasteiger partial charge in [0.2, 0.25) is 0 Å². The van der Waals surface area contributed by atoms with Crippen molar-refractivity contribution in [1.82, 2.24) is 15.0 Å². The van der Waals surface area contributed by atoms with Gasteiger partial charge >= 0.3 is 0 Å². The van der Waals surface area contributed by atoms with Gasteiger partial charge in [0.25, 0.3) is 0 Å². The predicted molar refractivity (Wildman–Crippen MR) is 73.5 cm³/mol. The molecule has 0 aliphatic heterocycles. The fraction of sp³-hybridized carbons (Fsp3) is 0.364. The predicted octanol–water partition coefficient (Wildman–Crippen LogP) is 1.67. The molecule has 2 aromatic rings. The molecule has 1 aromatic heterocycles. The molecule has 0 bridgehead atoms. The first kappa shape index (κ1) is 13.1. The largest absolute Gasteiger partial charge is 0.311 e. The molecule has 0 radical (unpaired) electrons. The minimum Gasteiger partial charge on any atom is -0.311 e. The van der Waals surface area contributed by atoms with Crippen LogP contribution < -0.4 is 5.73 Å². The Bertz CT molecular complexity index is 605. The normalized spacial score (nSPS) is 14.3. The van der Waals surface area contributed by atoms with E-state index >= 15 is 0 Å². The monoisotopic (exact) mass is 281 g/mol. The van der Waals surface area contributed by atoms with E-state index in [-0.39, 0.29) is 6.54 Å². The van der Waals surface area contributed by atoms with Crippen LogP contribution in [-0.4, -0.2) is 32.5 Å². The zero-order chi connectivity index (χ0) is 13.2. The van der Waals surface area contributed by atoms with Crippen molar-refractivity contribution in [2.45, 2.75) is 12.1 Å². The van der Waals surface area contributed by atoms with Crippen molar-refractivity contribution in [3.8, 4) is 6.07 Å². The van der Waals surface area contributed by atoms with Crippen LogP contribution in [0.3, 0.4) is 0 Å². The second kappa shape index (κ2) is 5.14. The van der Waals surface area contributed by atoms with E-state index in [4.69, 9.17) is 22.6 Å². The van der Waals surface area contributed by atoms with E-state index in [1.807, 2.05) is 6.26 Å². The third kappa shape index (κ3) is 2.75. The summed E-state index contributed by atoms with van der Waals surface area (Å²) in [4.78, 5) is 1.46. The van der Waals surface area contributed by atoms with Crippen molar-refractivity contribution in [2.24, 2.45) is 5.73 Å². The quantitative estimate of drug-likeness (QED) is 0.922. The van der Waals surface area contributed by atoms with E-state index in [9.17, 15) is 0 Å². The van der Waals surface area contributed by atoms with Gasteiger partial charge in [0.1, 0.15) is 16.6 Å². The molecular weight excluding hydrogens is 270 g/mol. The van der Waals surface area contributed by atoms with Crippen molar-refractivity contribution in [2.75, 3.05) is 12.0 Å². The average molecular weight is 282 g/mol. The van der Waals surface area contributed by atoms with Gasteiger partial charge in [0.05, 0.1) is 12.6 Å². The first-order chi connectivity index (χ1) is 8.56. The van der Waals surface area contributed by atoms with Crippen LogP contribution in [0.4, 0.5) is 0 Å². The van der Waals surface area contributed by atoms with Crippen LogP contribution >= 0.6 is 23.4 Å². The third-order valence-corrected chi connectivity index (χ3v) is 3.47. The van der Waals surface area contributed by atoms with E-state index in [0.29, 0.717) is 16.3 Å². The topological polar surface area (TPSA) is 80.5 Å². The highest BCUT2D eigenvalue weighted by Gasteiger charge is 2.26. The van der Waals surface area contributed by atoms with E-state index in [1.54, 1.807) is 18.2 Å². The van der Waals surface area contributed by atoms with Crippen LogP contribution in [0.25, 0.3) is 11.0 Å². The number of aromatic nitrogens is 3. The van der Waals surface area contributed by atoms with Crippen molar-refractivity contribution in [3.05, 3.63) is 23.2 Å². The van der Waals surface area contributed by atoms with Crippen molar-refractivity contribution < 1.29 is 0 Å². The summed E-state index contributed by atoms with van der Waals surface area (Å²) in [6.07, 6.45) is 1.91. The molecule has 18 heavy (non-hydrogen) atoms. The van der Waals surface area contributed by atoms with Crippen LogP contribution in [0.5, 0.6) is 0 Å². The second-order valence-corrected chi connectivity index (χ2v) is 5.37. The van der Waals surface area contributed by atoms with E-state index in [1.165, 1.54) is 16.6 Å². The number of rotatable bonds is 4. The number of hydrogen-bond donors (Lipinski definition) is 1. The zero-order valence-electron chi connectivity index (χ0n) is 9.80. The molecule has 0 aliphatic rings. The summed E-state index contributed by atoms with van der Waals surface area (Å²) in [6, 6.07) is 7.40. The molecule has 1 atom stereocenters. The number of benzene rings is 1. The van der Waals surface area contributed by atoms with Gasteiger partial charge in [-0.15, -0.1) is 0 Å². The lowest BCUT2D eigenvalue weighted by Gasteiger charge is -2.18. The molecule has 0 amide bonds. The molecule has 7 heteroatoms. The van der Waals surface area contributed by atoms with Gasteiger partial charge in [-0.05, 0) is 24.5 Å². The molecule has 94 valence electrons. The van der Waals surface area contributed by atoms with Crippen LogP contribution in [0, 0.1) is 11.3 Å². The van der Waals surface area contributed by atoms with Gasteiger partial charge < -0.3 is 5.73 Å². The lowest BCUT2D eigenvalue weighted by atomic mass is 10.1. The Morgan fingerprint density at radius 1 is 1.50 bits per heavy atom. The molecule has 5 nitrogen and oxygen atoms in total. The van der Waals surface area contributed by atoms with Gasteiger partial charge in [-0.25, -0.2) is 0 Å². The van der Waals surface area contributed by atoms with E-state index in [0.717, 1.165) is 5.52 Å². The summed E-state index contributed by atoms with van der Waals surface area (Å²) < 4.78 is 0. The molecule has 1 unspecified atom stereocenters. The van der Waals surface area contributed by atoms with Gasteiger partial charge in [0.15, 0.2) is 0 Å². The smallest absolute Gasteiger partial charge is 0.134 e. The number of halogens is 1. The molecule has 0 spiro atoms. The Kier molecular flexibility index (Phi) is 3.76. The number of fused-ring (bicyclic) bond motifs is 1. The Morgan fingerprint density at radius 2 is 2.22 bits per heavy atom. The van der Waals surface area contributed by atoms with Gasteiger partial charge in [-0.1, -0.05) is 11.6 Å².